The summed E-state index contributed by atoms with van der Waals surface area (Å²) in [6, 6.07) is 0. The van der Waals surface area contributed by atoms with Crippen molar-refractivity contribution in [1.29, 1.82) is 0 Å². The highest BCUT2D eigenvalue weighted by Gasteiger charge is 2.24. The molecule has 0 fully saturated rings. The molecule has 0 bridgehead atoms. The monoisotopic (exact) mass is 254 g/mol. The maximum absolute atomic E-state index is 12.1. The molecule has 0 saturated carbocycles. The second-order valence-corrected chi connectivity index (χ2v) is 5.19. The van der Waals surface area contributed by atoms with Crippen molar-refractivity contribution in [2.45, 2.75) is 39.2 Å². The first kappa shape index (κ1) is 14.5. The Hall–Kier alpha value is -1.56. The van der Waals surface area contributed by atoms with Crippen molar-refractivity contribution in [3.8, 4) is 0 Å². The quantitative estimate of drug-likeness (QED) is 0.724. The van der Waals surface area contributed by atoms with Gasteiger partial charge in [0.25, 0.3) is 5.91 Å². The topological polar surface area (TPSA) is 95.2 Å². The van der Waals surface area contributed by atoms with Crippen molar-refractivity contribution >= 4 is 11.6 Å². The lowest BCUT2D eigenvalue weighted by molar-refractivity contribution is 0.0365. The van der Waals surface area contributed by atoms with Gasteiger partial charge in [-0.15, -0.1) is 0 Å². The van der Waals surface area contributed by atoms with Crippen LogP contribution in [0.2, 0.25) is 0 Å². The predicted octanol–water partition coefficient (Wildman–Crippen LogP) is 0.787. The van der Waals surface area contributed by atoms with Crippen molar-refractivity contribution in [2.24, 2.45) is 0 Å². The average Bonchev–Trinajstić information content (AvgIpc) is 2.58. The third-order valence-corrected chi connectivity index (χ3v) is 2.56. The Morgan fingerprint density at radius 2 is 2.17 bits per heavy atom. The Kier molecular flexibility index (Phi) is 4.34. The molecule has 1 aromatic rings. The number of amides is 1. The van der Waals surface area contributed by atoms with Gasteiger partial charge in [0.2, 0.25) is 0 Å². The number of carbonyl (C=O) groups is 1. The van der Waals surface area contributed by atoms with Crippen LogP contribution in [0, 0.1) is 0 Å². The SMILES string of the molecule is CCCc1[nH]nc(C(=O)N(C)CC(C)(C)O)c1N. The number of nitrogen functional groups attached to an aromatic ring is 1. The zero-order valence-electron chi connectivity index (χ0n) is 11.4. The molecular weight excluding hydrogens is 232 g/mol. The number of aromatic amines is 1. The lowest BCUT2D eigenvalue weighted by atomic mass is 10.1. The van der Waals surface area contributed by atoms with E-state index >= 15 is 0 Å². The van der Waals surface area contributed by atoms with Crippen molar-refractivity contribution in [2.75, 3.05) is 19.3 Å². The van der Waals surface area contributed by atoms with Crippen LogP contribution in [-0.4, -0.2) is 45.3 Å². The number of rotatable bonds is 5. The molecule has 0 saturated heterocycles. The van der Waals surface area contributed by atoms with Gasteiger partial charge >= 0.3 is 0 Å². The maximum Gasteiger partial charge on any atom is 0.276 e. The molecule has 0 radical (unpaired) electrons. The molecule has 4 N–H and O–H groups in total. The Morgan fingerprint density at radius 3 is 2.67 bits per heavy atom. The van der Waals surface area contributed by atoms with Gasteiger partial charge in [-0.3, -0.25) is 9.89 Å². The minimum absolute atomic E-state index is 0.223. The molecule has 1 aromatic heterocycles. The van der Waals surface area contributed by atoms with Crippen LogP contribution in [0.15, 0.2) is 0 Å². The minimum atomic E-state index is -0.943. The van der Waals surface area contributed by atoms with Crippen LogP contribution in [0.25, 0.3) is 0 Å². The lowest BCUT2D eigenvalue weighted by Gasteiger charge is -2.25. The number of aryl methyl sites for hydroxylation is 1. The van der Waals surface area contributed by atoms with E-state index in [1.54, 1.807) is 20.9 Å². The zero-order chi connectivity index (χ0) is 13.9. The number of aromatic nitrogens is 2. The smallest absolute Gasteiger partial charge is 0.276 e. The summed E-state index contributed by atoms with van der Waals surface area (Å²) >= 11 is 0. The van der Waals surface area contributed by atoms with E-state index in [1.165, 1.54) is 4.90 Å². The number of nitrogens with two attached hydrogens (primary N) is 1. The predicted molar refractivity (Wildman–Crippen MR) is 70.3 cm³/mol. The van der Waals surface area contributed by atoms with Crippen LogP contribution in [0.4, 0.5) is 5.69 Å². The molecule has 0 aliphatic heterocycles. The molecule has 0 aliphatic carbocycles. The number of aliphatic hydroxyl groups is 1. The molecule has 6 heteroatoms. The lowest BCUT2D eigenvalue weighted by Crippen LogP contribution is -2.40. The van der Waals surface area contributed by atoms with E-state index in [2.05, 4.69) is 10.2 Å². The average molecular weight is 254 g/mol. The van der Waals surface area contributed by atoms with Crippen molar-refractivity contribution in [1.82, 2.24) is 15.1 Å². The van der Waals surface area contributed by atoms with Crippen LogP contribution in [-0.2, 0) is 6.42 Å². The van der Waals surface area contributed by atoms with Crippen molar-refractivity contribution < 1.29 is 9.90 Å². The van der Waals surface area contributed by atoms with Gasteiger partial charge in [0.1, 0.15) is 0 Å². The fourth-order valence-electron chi connectivity index (χ4n) is 1.82. The van der Waals surface area contributed by atoms with Crippen molar-refractivity contribution in [3.63, 3.8) is 0 Å². The number of hydrogen-bond acceptors (Lipinski definition) is 4. The molecule has 1 amide bonds. The number of likely N-dealkylation sites (N-methyl/N-ethyl adjacent to an activating group) is 1. The normalized spacial score (nSPS) is 11.6. The van der Waals surface area contributed by atoms with Crippen LogP contribution in [0.5, 0.6) is 0 Å². The second kappa shape index (κ2) is 5.39. The van der Waals surface area contributed by atoms with Gasteiger partial charge in [-0.25, -0.2) is 0 Å². The highest BCUT2D eigenvalue weighted by molar-refractivity contribution is 5.97. The van der Waals surface area contributed by atoms with Gasteiger partial charge in [0.05, 0.1) is 17.0 Å². The maximum atomic E-state index is 12.1. The summed E-state index contributed by atoms with van der Waals surface area (Å²) in [5.41, 5.74) is 6.37. The standard InChI is InChI=1S/C12H22N4O2/c1-5-6-8-9(13)10(15-14-8)11(17)16(4)7-12(2,3)18/h18H,5-7,13H2,1-4H3,(H,14,15). The van der Waals surface area contributed by atoms with E-state index in [0.29, 0.717) is 5.69 Å². The summed E-state index contributed by atoms with van der Waals surface area (Å²) in [6.07, 6.45) is 1.70. The van der Waals surface area contributed by atoms with Gasteiger partial charge in [0.15, 0.2) is 5.69 Å². The van der Waals surface area contributed by atoms with Gasteiger partial charge in [0, 0.05) is 13.6 Å². The molecule has 1 rings (SSSR count). The van der Waals surface area contributed by atoms with Gasteiger partial charge in [-0.2, -0.15) is 5.10 Å². The first-order valence-corrected chi connectivity index (χ1v) is 6.06. The molecule has 1 heterocycles. The number of nitrogens with zero attached hydrogens (tertiary/aromatic N) is 2. The number of hydrogen-bond donors (Lipinski definition) is 3. The molecule has 0 spiro atoms. The van der Waals surface area contributed by atoms with E-state index in [0.717, 1.165) is 18.5 Å². The fraction of sp³-hybridized carbons (Fsp3) is 0.667. The molecule has 102 valence electrons. The first-order valence-electron chi connectivity index (χ1n) is 6.06. The van der Waals surface area contributed by atoms with Crippen LogP contribution in [0.1, 0.15) is 43.4 Å². The Morgan fingerprint density at radius 1 is 1.56 bits per heavy atom. The summed E-state index contributed by atoms with van der Waals surface area (Å²) < 4.78 is 0. The van der Waals surface area contributed by atoms with Crippen LogP contribution < -0.4 is 5.73 Å². The van der Waals surface area contributed by atoms with Crippen molar-refractivity contribution in [3.05, 3.63) is 11.4 Å². The van der Waals surface area contributed by atoms with Crippen LogP contribution >= 0.6 is 0 Å². The summed E-state index contributed by atoms with van der Waals surface area (Å²) in [6.45, 7) is 5.55. The third-order valence-electron chi connectivity index (χ3n) is 2.56. The van der Waals surface area contributed by atoms with E-state index < -0.39 is 5.60 Å². The highest BCUT2D eigenvalue weighted by atomic mass is 16.3. The summed E-state index contributed by atoms with van der Waals surface area (Å²) in [5, 5.41) is 16.4. The Labute approximate surface area is 107 Å². The van der Waals surface area contributed by atoms with E-state index in [4.69, 9.17) is 5.73 Å². The summed E-state index contributed by atoms with van der Waals surface area (Å²) in [7, 11) is 1.62. The second-order valence-electron chi connectivity index (χ2n) is 5.19. The molecule has 6 nitrogen and oxygen atoms in total. The summed E-state index contributed by atoms with van der Waals surface area (Å²) in [5.74, 6) is -0.284. The number of carbonyl (C=O) groups excluding carboxylic acids is 1. The minimum Gasteiger partial charge on any atom is -0.395 e. The third kappa shape index (κ3) is 3.46. The van der Waals surface area contributed by atoms with Gasteiger partial charge in [-0.05, 0) is 20.3 Å². The van der Waals surface area contributed by atoms with Gasteiger partial charge < -0.3 is 15.7 Å². The molecule has 0 aliphatic rings. The largest absolute Gasteiger partial charge is 0.395 e. The van der Waals surface area contributed by atoms with E-state index in [9.17, 15) is 9.90 Å². The molecule has 0 aromatic carbocycles. The molecule has 18 heavy (non-hydrogen) atoms. The van der Waals surface area contributed by atoms with Crippen LogP contribution in [0.3, 0.4) is 0 Å². The number of anilines is 1. The van der Waals surface area contributed by atoms with E-state index in [-0.39, 0.29) is 18.1 Å². The number of H-pyrrole nitrogens is 1. The number of nitrogens with one attached hydrogen (secondary N) is 1. The summed E-state index contributed by atoms with van der Waals surface area (Å²) in [4.78, 5) is 13.5. The zero-order valence-corrected chi connectivity index (χ0v) is 11.4. The molecular formula is C12H22N4O2. The highest BCUT2D eigenvalue weighted by Crippen LogP contribution is 2.17. The molecule has 0 atom stereocenters. The fourth-order valence-corrected chi connectivity index (χ4v) is 1.82. The van der Waals surface area contributed by atoms with E-state index in [1.807, 2.05) is 6.92 Å². The Bertz CT molecular complexity index is 420. The van der Waals surface area contributed by atoms with Gasteiger partial charge in [-0.1, -0.05) is 13.3 Å². The molecule has 0 unspecified atom stereocenters. The first-order chi connectivity index (χ1) is 8.26. The Balaban J connectivity index is 2.84.